The Bertz CT molecular complexity index is 591. The van der Waals surface area contributed by atoms with Gasteiger partial charge >= 0.3 is 0 Å². The second-order valence-electron chi connectivity index (χ2n) is 4.82. The van der Waals surface area contributed by atoms with E-state index in [0.29, 0.717) is 12.0 Å². The molecule has 0 spiro atoms. The highest BCUT2D eigenvalue weighted by Gasteiger charge is 2.41. The van der Waals surface area contributed by atoms with Crippen molar-refractivity contribution in [2.24, 2.45) is 5.73 Å². The fraction of sp³-hybridized carbons (Fsp3) is 0.188. The molecule has 2 aromatic rings. The highest BCUT2D eigenvalue weighted by Crippen LogP contribution is 2.37. The van der Waals surface area contributed by atoms with E-state index in [1.54, 1.807) is 0 Å². The molecule has 1 aliphatic rings. The van der Waals surface area contributed by atoms with Crippen LogP contribution in [0.3, 0.4) is 0 Å². The minimum atomic E-state index is -0.849. The Kier molecular flexibility index (Phi) is 2.53. The number of ketones is 1. The Labute approximate surface area is 106 Å². The number of benzene rings is 2. The number of hydrogen-bond donors (Lipinski definition) is 1. The summed E-state index contributed by atoms with van der Waals surface area (Å²) in [6.45, 7) is 0. The molecule has 2 nitrogen and oxygen atoms in total. The molecule has 0 saturated heterocycles. The topological polar surface area (TPSA) is 43.1 Å². The Morgan fingerprint density at radius 1 is 1.00 bits per heavy atom. The lowest BCUT2D eigenvalue weighted by Gasteiger charge is -2.23. The first-order chi connectivity index (χ1) is 8.72. The summed E-state index contributed by atoms with van der Waals surface area (Å²) in [7, 11) is 0. The fourth-order valence-electron chi connectivity index (χ4n) is 2.72. The summed E-state index contributed by atoms with van der Waals surface area (Å²) >= 11 is 0. The normalized spacial score (nSPS) is 21.6. The highest BCUT2D eigenvalue weighted by molar-refractivity contribution is 6.04. The van der Waals surface area contributed by atoms with Gasteiger partial charge in [0.1, 0.15) is 5.54 Å². The second-order valence-corrected chi connectivity index (χ2v) is 4.82. The Balaban J connectivity index is 2.05. The van der Waals surface area contributed by atoms with Gasteiger partial charge in [-0.1, -0.05) is 54.6 Å². The lowest BCUT2D eigenvalue weighted by molar-refractivity contribution is 0.0886. The molecule has 90 valence electrons. The van der Waals surface area contributed by atoms with Crippen molar-refractivity contribution in [1.82, 2.24) is 0 Å². The first-order valence-electron chi connectivity index (χ1n) is 6.19. The minimum Gasteiger partial charge on any atom is -0.315 e. The molecule has 18 heavy (non-hydrogen) atoms. The predicted octanol–water partition coefficient (Wildman–Crippen LogP) is 2.67. The summed E-state index contributed by atoms with van der Waals surface area (Å²) in [5.74, 6) is 0.0213. The molecule has 0 fully saturated rings. The quantitative estimate of drug-likeness (QED) is 0.816. The van der Waals surface area contributed by atoms with Gasteiger partial charge < -0.3 is 5.73 Å². The van der Waals surface area contributed by atoms with Crippen LogP contribution in [0.4, 0.5) is 0 Å². The summed E-state index contributed by atoms with van der Waals surface area (Å²) in [4.78, 5) is 12.6. The third-order valence-electron chi connectivity index (χ3n) is 3.73. The van der Waals surface area contributed by atoms with E-state index in [-0.39, 0.29) is 5.78 Å². The second kappa shape index (κ2) is 4.07. The van der Waals surface area contributed by atoms with E-state index in [4.69, 9.17) is 5.73 Å². The van der Waals surface area contributed by atoms with Gasteiger partial charge in [-0.25, -0.2) is 0 Å². The van der Waals surface area contributed by atoms with Crippen LogP contribution in [0.1, 0.15) is 27.9 Å². The van der Waals surface area contributed by atoms with Crippen molar-refractivity contribution < 1.29 is 4.79 Å². The van der Waals surface area contributed by atoms with Crippen LogP contribution < -0.4 is 5.73 Å². The zero-order valence-electron chi connectivity index (χ0n) is 10.1. The van der Waals surface area contributed by atoms with E-state index in [1.807, 2.05) is 48.5 Å². The van der Waals surface area contributed by atoms with E-state index in [2.05, 4.69) is 6.07 Å². The Morgan fingerprint density at radius 3 is 2.44 bits per heavy atom. The molecule has 1 aliphatic carbocycles. The molecular weight excluding hydrogens is 222 g/mol. The van der Waals surface area contributed by atoms with E-state index in [0.717, 1.165) is 12.0 Å². The van der Waals surface area contributed by atoms with Crippen LogP contribution in [0.25, 0.3) is 0 Å². The van der Waals surface area contributed by atoms with Crippen LogP contribution in [0.5, 0.6) is 0 Å². The van der Waals surface area contributed by atoms with Crippen LogP contribution in [0.15, 0.2) is 54.6 Å². The Hall–Kier alpha value is -1.93. The lowest BCUT2D eigenvalue weighted by Crippen LogP contribution is -2.42. The van der Waals surface area contributed by atoms with E-state index < -0.39 is 5.54 Å². The summed E-state index contributed by atoms with van der Waals surface area (Å²) in [6, 6.07) is 17.3. The van der Waals surface area contributed by atoms with Gasteiger partial charge in [0.15, 0.2) is 5.78 Å². The average molecular weight is 237 g/mol. The molecule has 0 radical (unpaired) electrons. The van der Waals surface area contributed by atoms with Gasteiger partial charge in [-0.3, -0.25) is 4.79 Å². The molecule has 2 N–H and O–H groups in total. The van der Waals surface area contributed by atoms with Crippen molar-refractivity contribution in [3.05, 3.63) is 71.3 Å². The fourth-order valence-corrected chi connectivity index (χ4v) is 2.72. The highest BCUT2D eigenvalue weighted by atomic mass is 16.1. The molecule has 2 aromatic carbocycles. The lowest BCUT2D eigenvalue weighted by atomic mass is 9.85. The molecule has 1 unspecified atom stereocenters. The van der Waals surface area contributed by atoms with Crippen molar-refractivity contribution in [1.29, 1.82) is 0 Å². The number of nitrogens with two attached hydrogens (primary N) is 1. The number of carbonyl (C=O) groups is 1. The first kappa shape index (κ1) is 11.2. The third-order valence-corrected chi connectivity index (χ3v) is 3.73. The van der Waals surface area contributed by atoms with Crippen molar-refractivity contribution in [3.8, 4) is 0 Å². The summed E-state index contributed by atoms with van der Waals surface area (Å²) in [5, 5.41) is 0. The monoisotopic (exact) mass is 237 g/mol. The molecule has 0 saturated carbocycles. The number of aryl methyl sites for hydroxylation is 1. The smallest absolute Gasteiger partial charge is 0.187 e. The van der Waals surface area contributed by atoms with Gasteiger partial charge in [-0.15, -0.1) is 0 Å². The summed E-state index contributed by atoms with van der Waals surface area (Å²) in [6.07, 6.45) is 1.57. The number of Topliss-reactive ketones (excluding diaryl/α,β-unsaturated/α-hetero) is 1. The molecule has 0 bridgehead atoms. The minimum absolute atomic E-state index is 0.0213. The maximum atomic E-state index is 12.6. The van der Waals surface area contributed by atoms with Crippen molar-refractivity contribution >= 4 is 5.78 Å². The van der Waals surface area contributed by atoms with Gasteiger partial charge in [-0.2, -0.15) is 0 Å². The van der Waals surface area contributed by atoms with Crippen molar-refractivity contribution in [3.63, 3.8) is 0 Å². The number of rotatable bonds is 2. The van der Waals surface area contributed by atoms with Crippen LogP contribution >= 0.6 is 0 Å². The molecule has 0 aromatic heterocycles. The summed E-state index contributed by atoms with van der Waals surface area (Å²) < 4.78 is 0. The van der Waals surface area contributed by atoms with Gasteiger partial charge in [0, 0.05) is 5.56 Å². The number of hydrogen-bond acceptors (Lipinski definition) is 2. The first-order valence-corrected chi connectivity index (χ1v) is 6.19. The molecular formula is C16H15NO. The molecule has 0 amide bonds. The summed E-state index contributed by atoms with van der Waals surface area (Å²) in [5.41, 5.74) is 8.42. The maximum absolute atomic E-state index is 12.6. The van der Waals surface area contributed by atoms with E-state index in [1.165, 1.54) is 5.56 Å². The third kappa shape index (κ3) is 1.57. The van der Waals surface area contributed by atoms with Gasteiger partial charge in [0.2, 0.25) is 0 Å². The molecule has 0 heterocycles. The molecule has 0 aliphatic heterocycles. The van der Waals surface area contributed by atoms with E-state index in [9.17, 15) is 4.79 Å². The molecule has 1 atom stereocenters. The van der Waals surface area contributed by atoms with Crippen LogP contribution in [-0.4, -0.2) is 5.78 Å². The van der Waals surface area contributed by atoms with Gasteiger partial charge in [0.05, 0.1) is 0 Å². The van der Waals surface area contributed by atoms with E-state index >= 15 is 0 Å². The predicted molar refractivity (Wildman–Crippen MR) is 71.4 cm³/mol. The standard InChI is InChI=1S/C16H15NO/c17-16(15(18)13-7-2-1-3-8-13)11-10-12-6-4-5-9-14(12)16/h1-9H,10-11,17H2. The van der Waals surface area contributed by atoms with Gasteiger partial charge in [0.25, 0.3) is 0 Å². The average Bonchev–Trinajstić information content (AvgIpc) is 2.78. The molecule has 2 heteroatoms. The van der Waals surface area contributed by atoms with Crippen LogP contribution in [0, 0.1) is 0 Å². The van der Waals surface area contributed by atoms with Crippen molar-refractivity contribution in [2.45, 2.75) is 18.4 Å². The van der Waals surface area contributed by atoms with Crippen LogP contribution in [-0.2, 0) is 12.0 Å². The SMILES string of the molecule is NC1(C(=O)c2ccccc2)CCc2ccccc21. The Morgan fingerprint density at radius 2 is 1.67 bits per heavy atom. The zero-order chi connectivity index (χ0) is 12.6. The zero-order valence-corrected chi connectivity index (χ0v) is 10.1. The van der Waals surface area contributed by atoms with Crippen molar-refractivity contribution in [2.75, 3.05) is 0 Å². The van der Waals surface area contributed by atoms with Gasteiger partial charge in [-0.05, 0) is 24.0 Å². The molecule has 3 rings (SSSR count). The number of carbonyl (C=O) groups excluding carboxylic acids is 1. The van der Waals surface area contributed by atoms with Crippen LogP contribution in [0.2, 0.25) is 0 Å². The number of fused-ring (bicyclic) bond motifs is 1. The maximum Gasteiger partial charge on any atom is 0.187 e. The largest absolute Gasteiger partial charge is 0.315 e.